The zero-order valence-electron chi connectivity index (χ0n) is 25.3. The molecular weight excluding hydrogens is 514 g/mol. The third-order valence-corrected chi connectivity index (χ3v) is 7.25. The van der Waals surface area contributed by atoms with Crippen LogP contribution in [0.3, 0.4) is 0 Å². The highest BCUT2D eigenvalue weighted by Crippen LogP contribution is 2.38. The molecule has 0 bridgehead atoms. The van der Waals surface area contributed by atoms with Gasteiger partial charge in [-0.15, -0.1) is 0 Å². The number of anilines is 1. The second-order valence-corrected chi connectivity index (χ2v) is 12.6. The van der Waals surface area contributed by atoms with Gasteiger partial charge in [0.2, 0.25) is 5.91 Å². The van der Waals surface area contributed by atoms with Gasteiger partial charge >= 0.3 is 6.09 Å². The van der Waals surface area contributed by atoms with Crippen molar-refractivity contribution in [2.24, 2.45) is 5.92 Å². The number of hydrogen-bond acceptors (Lipinski definition) is 4. The third kappa shape index (κ3) is 7.66. The zero-order valence-corrected chi connectivity index (χ0v) is 25.3. The molecule has 4 rings (SSSR count). The van der Waals surface area contributed by atoms with Gasteiger partial charge < -0.3 is 20.3 Å². The number of carbonyl (C=O) groups excluding carboxylic acids is 3. The first-order valence-electron chi connectivity index (χ1n) is 14.5. The topological polar surface area (TPSA) is 87.7 Å². The van der Waals surface area contributed by atoms with Crippen LogP contribution in [-0.2, 0) is 14.3 Å². The Balaban J connectivity index is 1.73. The molecule has 2 N–H and O–H groups in total. The van der Waals surface area contributed by atoms with Crippen molar-refractivity contribution in [3.05, 3.63) is 77.4 Å². The number of fused-ring (bicyclic) bond motifs is 1. The van der Waals surface area contributed by atoms with Crippen LogP contribution in [0.4, 0.5) is 10.5 Å². The van der Waals surface area contributed by atoms with Gasteiger partial charge in [-0.25, -0.2) is 4.79 Å². The summed E-state index contributed by atoms with van der Waals surface area (Å²) in [7, 11) is 0. The van der Waals surface area contributed by atoms with Crippen molar-refractivity contribution in [1.29, 1.82) is 0 Å². The molecule has 0 aromatic heterocycles. The van der Waals surface area contributed by atoms with Crippen molar-refractivity contribution < 1.29 is 19.1 Å². The lowest BCUT2D eigenvalue weighted by Crippen LogP contribution is -2.53. The molecule has 218 valence electrons. The van der Waals surface area contributed by atoms with Gasteiger partial charge in [0.25, 0.3) is 5.91 Å². The number of nitrogens with zero attached hydrogens (tertiary/aromatic N) is 1. The molecule has 1 aliphatic carbocycles. The molecule has 1 aliphatic rings. The van der Waals surface area contributed by atoms with E-state index in [0.29, 0.717) is 12.1 Å². The molecule has 3 aromatic rings. The number of aryl methyl sites for hydroxylation is 2. The Hall–Kier alpha value is -3.87. The lowest BCUT2D eigenvalue weighted by molar-refractivity contribution is -0.141. The summed E-state index contributed by atoms with van der Waals surface area (Å²) in [6.45, 7) is 13.3. The molecule has 2 atom stereocenters. The second kappa shape index (κ2) is 12.3. The monoisotopic (exact) mass is 557 g/mol. The van der Waals surface area contributed by atoms with E-state index in [4.69, 9.17) is 4.74 Å². The number of carbonyl (C=O) groups is 3. The highest BCUT2D eigenvalue weighted by molar-refractivity contribution is 6.01. The van der Waals surface area contributed by atoms with Gasteiger partial charge in [-0.2, -0.15) is 0 Å². The molecule has 2 unspecified atom stereocenters. The van der Waals surface area contributed by atoms with Crippen molar-refractivity contribution in [3.63, 3.8) is 0 Å². The van der Waals surface area contributed by atoms with Gasteiger partial charge in [0.1, 0.15) is 17.7 Å². The van der Waals surface area contributed by atoms with E-state index >= 15 is 0 Å². The van der Waals surface area contributed by atoms with Gasteiger partial charge in [0.05, 0.1) is 0 Å². The van der Waals surface area contributed by atoms with Crippen molar-refractivity contribution in [1.82, 2.24) is 10.2 Å². The van der Waals surface area contributed by atoms with Crippen molar-refractivity contribution >= 4 is 34.4 Å². The van der Waals surface area contributed by atoms with E-state index in [9.17, 15) is 14.4 Å². The minimum absolute atomic E-state index is 0.0936. The first-order valence-corrected chi connectivity index (χ1v) is 14.5. The molecule has 0 heterocycles. The van der Waals surface area contributed by atoms with E-state index in [0.717, 1.165) is 40.3 Å². The average Bonchev–Trinajstić information content (AvgIpc) is 3.71. The molecular formula is C34H43N3O4. The first-order chi connectivity index (χ1) is 19.3. The summed E-state index contributed by atoms with van der Waals surface area (Å²) in [6.07, 6.45) is 1.39. The highest BCUT2D eigenvalue weighted by Gasteiger charge is 2.45. The van der Waals surface area contributed by atoms with Gasteiger partial charge in [-0.1, -0.05) is 62.4 Å². The largest absolute Gasteiger partial charge is 0.444 e. The number of amides is 3. The van der Waals surface area contributed by atoms with Gasteiger partial charge in [-0.3, -0.25) is 9.59 Å². The summed E-state index contributed by atoms with van der Waals surface area (Å²) in [5, 5.41) is 8.04. The van der Waals surface area contributed by atoms with Crippen LogP contribution in [0.2, 0.25) is 0 Å². The first kappa shape index (κ1) is 30.1. The summed E-state index contributed by atoms with van der Waals surface area (Å²) in [5.41, 5.74) is 2.64. The maximum Gasteiger partial charge on any atom is 0.408 e. The average molecular weight is 558 g/mol. The summed E-state index contributed by atoms with van der Waals surface area (Å²) < 4.78 is 5.50. The summed E-state index contributed by atoms with van der Waals surface area (Å²) in [6, 6.07) is 17.9. The molecule has 0 saturated heterocycles. The number of alkyl carbamates (subject to hydrolysis) is 1. The molecule has 41 heavy (non-hydrogen) atoms. The fourth-order valence-corrected chi connectivity index (χ4v) is 5.33. The Morgan fingerprint density at radius 1 is 0.927 bits per heavy atom. The van der Waals surface area contributed by atoms with Crippen LogP contribution in [0.5, 0.6) is 0 Å². The molecule has 1 fully saturated rings. The SMILES string of the molecule is Cc1cccc(C)c1C(C(=O)Nc1ccc2ccccc2c1)N(C(=O)C(CC(C)C)NC(=O)OC(C)(C)C)C1CC1. The summed E-state index contributed by atoms with van der Waals surface area (Å²) in [5.74, 6) is -0.420. The van der Waals surface area contributed by atoms with Crippen molar-refractivity contribution in [2.45, 2.75) is 91.5 Å². The number of ether oxygens (including phenoxy) is 1. The maximum absolute atomic E-state index is 14.4. The Kier molecular flexibility index (Phi) is 9.05. The van der Waals surface area contributed by atoms with Gasteiger partial charge in [0.15, 0.2) is 0 Å². The standard InChI is InChI=1S/C34H43N3O4/c1-21(2)19-28(36-33(40)41-34(5,6)7)32(39)37(27-17-18-27)30(29-22(3)11-10-12-23(29)4)31(38)35-26-16-15-24-13-8-9-14-25(24)20-26/h8-16,20-21,27-28,30H,17-19H2,1-7H3,(H,35,38)(H,36,40). The molecule has 7 heteroatoms. The van der Waals surface area contributed by atoms with Crippen LogP contribution < -0.4 is 10.6 Å². The predicted molar refractivity (Wildman–Crippen MR) is 164 cm³/mol. The molecule has 0 aliphatic heterocycles. The van der Waals surface area contributed by atoms with E-state index in [1.807, 2.05) is 88.4 Å². The van der Waals surface area contributed by atoms with Crippen LogP contribution in [-0.4, -0.2) is 40.5 Å². The second-order valence-electron chi connectivity index (χ2n) is 12.6. The Bertz CT molecular complexity index is 1400. The lowest BCUT2D eigenvalue weighted by atomic mass is 9.92. The Morgan fingerprint density at radius 2 is 1.56 bits per heavy atom. The van der Waals surface area contributed by atoms with Crippen LogP contribution in [0, 0.1) is 19.8 Å². The van der Waals surface area contributed by atoms with Crippen LogP contribution in [0.15, 0.2) is 60.7 Å². The zero-order chi connectivity index (χ0) is 29.9. The van der Waals surface area contributed by atoms with Gasteiger partial charge in [-0.05, 0) is 99.4 Å². The lowest BCUT2D eigenvalue weighted by Gasteiger charge is -2.36. The minimum Gasteiger partial charge on any atom is -0.444 e. The molecule has 7 nitrogen and oxygen atoms in total. The number of rotatable bonds is 9. The van der Waals surface area contributed by atoms with Crippen molar-refractivity contribution in [2.75, 3.05) is 5.32 Å². The van der Waals surface area contributed by atoms with E-state index in [1.54, 1.807) is 25.7 Å². The number of nitrogens with one attached hydrogen (secondary N) is 2. The molecule has 3 aromatic carbocycles. The smallest absolute Gasteiger partial charge is 0.408 e. The molecule has 0 spiro atoms. The highest BCUT2D eigenvalue weighted by atomic mass is 16.6. The van der Waals surface area contributed by atoms with E-state index in [1.165, 1.54) is 0 Å². The third-order valence-electron chi connectivity index (χ3n) is 7.25. The minimum atomic E-state index is -0.863. The van der Waals surface area contributed by atoms with E-state index < -0.39 is 23.8 Å². The van der Waals surface area contributed by atoms with Crippen LogP contribution in [0.25, 0.3) is 10.8 Å². The quantitative estimate of drug-likeness (QED) is 0.295. The Morgan fingerprint density at radius 3 is 2.15 bits per heavy atom. The normalized spacial score (nSPS) is 14.8. The molecule has 1 saturated carbocycles. The number of hydrogen-bond donors (Lipinski definition) is 2. The van der Waals surface area contributed by atoms with Crippen LogP contribution >= 0.6 is 0 Å². The number of benzene rings is 3. The van der Waals surface area contributed by atoms with E-state index in [2.05, 4.69) is 10.6 Å². The molecule has 3 amide bonds. The fourth-order valence-electron chi connectivity index (χ4n) is 5.33. The fraction of sp³-hybridized carbons (Fsp3) is 0.441. The summed E-state index contributed by atoms with van der Waals surface area (Å²) >= 11 is 0. The predicted octanol–water partition coefficient (Wildman–Crippen LogP) is 7.07. The molecule has 0 radical (unpaired) electrons. The van der Waals surface area contributed by atoms with E-state index in [-0.39, 0.29) is 23.8 Å². The Labute approximate surface area is 243 Å². The van der Waals surface area contributed by atoms with Crippen molar-refractivity contribution in [3.8, 4) is 0 Å². The maximum atomic E-state index is 14.4. The van der Waals surface area contributed by atoms with Gasteiger partial charge in [0, 0.05) is 11.7 Å². The van der Waals surface area contributed by atoms with Crippen LogP contribution in [0.1, 0.15) is 76.6 Å². The summed E-state index contributed by atoms with van der Waals surface area (Å²) in [4.78, 5) is 43.2.